The van der Waals surface area contributed by atoms with Crippen molar-refractivity contribution in [2.45, 2.75) is 201 Å². The van der Waals surface area contributed by atoms with Crippen molar-refractivity contribution in [2.24, 2.45) is 71.0 Å². The molecule has 6 fully saturated rings. The van der Waals surface area contributed by atoms with E-state index in [0.29, 0.717) is 17.7 Å². The number of piperidine rings is 4. The van der Waals surface area contributed by atoms with E-state index >= 15 is 0 Å². The fraction of sp³-hybridized carbons (Fsp3) is 0.901. The van der Waals surface area contributed by atoms with Crippen molar-refractivity contribution >= 4 is 11.6 Å². The lowest BCUT2D eigenvalue weighted by Gasteiger charge is -2.39. The van der Waals surface area contributed by atoms with Gasteiger partial charge in [0.1, 0.15) is 0 Å². The summed E-state index contributed by atoms with van der Waals surface area (Å²) in [4.78, 5) is 33.0. The van der Waals surface area contributed by atoms with Gasteiger partial charge in [-0.1, -0.05) is 149 Å². The van der Waals surface area contributed by atoms with E-state index in [4.69, 9.17) is 0 Å². The Bertz CT molecular complexity index is 1640. The number of piperazine rings is 2. The number of rotatable bonds is 23. The minimum absolute atomic E-state index is 0.400. The first kappa shape index (κ1) is 70.7. The fourth-order valence-electron chi connectivity index (χ4n) is 13.8. The van der Waals surface area contributed by atoms with Crippen LogP contribution in [0.3, 0.4) is 0 Å². The highest BCUT2D eigenvalue weighted by Gasteiger charge is 2.28. The quantitative estimate of drug-likeness (QED) is 0.107. The molecule has 6 saturated heterocycles. The highest BCUT2D eigenvalue weighted by molar-refractivity contribution is 5.76. The lowest BCUT2D eigenvalue weighted by atomic mass is 9.89. The van der Waals surface area contributed by atoms with Gasteiger partial charge in [0.25, 0.3) is 0 Å². The van der Waals surface area contributed by atoms with E-state index < -0.39 is 0 Å². The Morgan fingerprint density at radius 2 is 0.688 bits per heavy atom. The first-order valence-corrected chi connectivity index (χ1v) is 34.5. The SMILES string of the molecule is CC(C)CCC1CCN(CC(C)C)CC1.CC(C)CCC1CCN(c2ccc(CC(C)C)cc2)CC1.CC(C)CN1CCC(CC(=O)N2CCN(CC(C)C)CC2)CC1.CC(C)CN1CCC(CN2CCN(CC(C)C)CC2)CC1. The smallest absolute Gasteiger partial charge is 0.222 e. The van der Waals surface area contributed by atoms with E-state index in [1.54, 1.807) is 0 Å². The number of benzene rings is 1. The largest absolute Gasteiger partial charge is 0.372 e. The molecule has 9 nitrogen and oxygen atoms in total. The summed E-state index contributed by atoms with van der Waals surface area (Å²) < 4.78 is 0. The van der Waals surface area contributed by atoms with Crippen LogP contribution in [-0.4, -0.2) is 184 Å². The zero-order valence-corrected chi connectivity index (χ0v) is 56.2. The molecule has 6 aliphatic rings. The zero-order chi connectivity index (χ0) is 58.6. The second-order valence-electron chi connectivity index (χ2n) is 30.3. The van der Waals surface area contributed by atoms with E-state index in [2.05, 4.69) is 174 Å². The molecular weight excluding hydrogens is 981 g/mol. The summed E-state index contributed by atoms with van der Waals surface area (Å²) in [5.41, 5.74) is 2.89. The minimum Gasteiger partial charge on any atom is -0.372 e. The molecule has 7 rings (SSSR count). The van der Waals surface area contributed by atoms with Gasteiger partial charge in [-0.15, -0.1) is 0 Å². The van der Waals surface area contributed by atoms with Gasteiger partial charge in [0.05, 0.1) is 0 Å². The Morgan fingerprint density at radius 3 is 1.05 bits per heavy atom. The molecule has 0 aromatic heterocycles. The summed E-state index contributed by atoms with van der Waals surface area (Å²) in [5, 5.41) is 0. The molecule has 0 bridgehead atoms. The molecule has 1 aromatic rings. The van der Waals surface area contributed by atoms with Gasteiger partial charge in [0.2, 0.25) is 5.91 Å². The standard InChI is InChI=1S/C20H33N.C19H37N3O.C18H37N3.C14H29N/c1-16(2)5-6-18-11-13-21(14-12-18)20-9-7-19(8-10-20)15-17(3)4;1-16(2)14-20-7-5-18(6-8-20)13-19(23)22-11-9-21(10-12-22)15-17(3)4;1-16(2)13-19-7-5-18(6-8-19)15-21-11-9-20(10-12-21)14-17(3)4;1-12(2)5-6-14-7-9-15(10-8-14)11-13(3)4/h7-10,16-18H,5-6,11-15H2,1-4H3;16-18H,5-15H2,1-4H3;16-18H,5-15H2,1-4H3;12-14H,5-11H2,1-4H3. The molecule has 6 heterocycles. The average molecular weight is 1120 g/mol. The molecule has 466 valence electrons. The summed E-state index contributed by atoms with van der Waals surface area (Å²) >= 11 is 0. The highest BCUT2D eigenvalue weighted by atomic mass is 16.2. The number of hydrogen-bond donors (Lipinski definition) is 0. The molecular formula is C71H136N8O. The molecule has 1 aromatic carbocycles. The number of carbonyl (C=O) groups is 1. The van der Waals surface area contributed by atoms with Crippen LogP contribution in [0.2, 0.25) is 0 Å². The molecule has 0 aliphatic carbocycles. The van der Waals surface area contributed by atoms with Gasteiger partial charge in [-0.2, -0.15) is 0 Å². The zero-order valence-electron chi connectivity index (χ0n) is 56.2. The van der Waals surface area contributed by atoms with Crippen molar-refractivity contribution in [3.63, 3.8) is 0 Å². The Hall–Kier alpha value is -1.75. The maximum atomic E-state index is 12.5. The van der Waals surface area contributed by atoms with Crippen molar-refractivity contribution in [1.82, 2.24) is 34.3 Å². The third-order valence-electron chi connectivity index (χ3n) is 18.3. The highest BCUT2D eigenvalue weighted by Crippen LogP contribution is 2.29. The van der Waals surface area contributed by atoms with Gasteiger partial charge in [-0.25, -0.2) is 0 Å². The van der Waals surface area contributed by atoms with Crippen LogP contribution in [0, 0.1) is 71.0 Å². The van der Waals surface area contributed by atoms with E-state index in [1.807, 2.05) is 0 Å². The van der Waals surface area contributed by atoms with E-state index in [0.717, 1.165) is 98.3 Å². The first-order valence-electron chi connectivity index (χ1n) is 34.5. The molecule has 0 atom stereocenters. The van der Waals surface area contributed by atoms with Crippen LogP contribution in [0.15, 0.2) is 24.3 Å². The predicted molar refractivity (Wildman–Crippen MR) is 350 cm³/mol. The Kier molecular flexibility index (Phi) is 34.5. The lowest BCUT2D eigenvalue weighted by molar-refractivity contribution is -0.134. The van der Waals surface area contributed by atoms with E-state index in [1.165, 1.54) is 206 Å². The van der Waals surface area contributed by atoms with Crippen LogP contribution < -0.4 is 4.90 Å². The maximum Gasteiger partial charge on any atom is 0.222 e. The molecule has 0 radical (unpaired) electrons. The number of anilines is 1. The monoisotopic (exact) mass is 1120 g/mol. The third-order valence-corrected chi connectivity index (χ3v) is 18.3. The van der Waals surface area contributed by atoms with Crippen LogP contribution in [-0.2, 0) is 11.2 Å². The van der Waals surface area contributed by atoms with Crippen LogP contribution in [0.4, 0.5) is 5.69 Å². The molecule has 0 spiro atoms. The number of amides is 1. The summed E-state index contributed by atoms with van der Waals surface area (Å²) in [6, 6.07) is 9.29. The van der Waals surface area contributed by atoms with Crippen molar-refractivity contribution in [2.75, 3.05) is 149 Å². The number of likely N-dealkylation sites (tertiary alicyclic amines) is 3. The Labute approximate surface area is 498 Å². The van der Waals surface area contributed by atoms with Gasteiger partial charge < -0.3 is 34.3 Å². The maximum absolute atomic E-state index is 12.5. The van der Waals surface area contributed by atoms with Crippen LogP contribution in [0.25, 0.3) is 0 Å². The Morgan fingerprint density at radius 1 is 0.362 bits per heavy atom. The second-order valence-corrected chi connectivity index (χ2v) is 30.3. The number of hydrogen-bond acceptors (Lipinski definition) is 8. The summed E-state index contributed by atoms with van der Waals surface area (Å²) in [6.45, 7) is 63.9. The second kappa shape index (κ2) is 39.0. The molecule has 9 heteroatoms. The van der Waals surface area contributed by atoms with E-state index in [-0.39, 0.29) is 0 Å². The van der Waals surface area contributed by atoms with Gasteiger partial charge in [0, 0.05) is 117 Å². The van der Waals surface area contributed by atoms with Gasteiger partial charge >= 0.3 is 0 Å². The molecule has 0 saturated carbocycles. The predicted octanol–water partition coefficient (Wildman–Crippen LogP) is 14.5. The normalized spacial score (nSPS) is 21.1. The van der Waals surface area contributed by atoms with Crippen LogP contribution >= 0.6 is 0 Å². The van der Waals surface area contributed by atoms with Crippen LogP contribution in [0.1, 0.15) is 200 Å². The number of nitrogens with zero attached hydrogens (tertiary/aromatic N) is 8. The summed E-state index contributed by atoms with van der Waals surface area (Å²) in [7, 11) is 0. The van der Waals surface area contributed by atoms with Crippen LogP contribution in [0.5, 0.6) is 0 Å². The molecule has 1 amide bonds. The molecule has 0 N–H and O–H groups in total. The topological polar surface area (TPSA) is 43.0 Å². The minimum atomic E-state index is 0.400. The number of carbonyl (C=O) groups excluding carboxylic acids is 1. The fourth-order valence-corrected chi connectivity index (χ4v) is 13.8. The average Bonchev–Trinajstić information content (AvgIpc) is 3.40. The molecule has 80 heavy (non-hydrogen) atoms. The summed E-state index contributed by atoms with van der Waals surface area (Å²) in [6.07, 6.45) is 18.6. The van der Waals surface area contributed by atoms with Crippen molar-refractivity contribution < 1.29 is 4.79 Å². The lowest BCUT2D eigenvalue weighted by Crippen LogP contribution is -2.50. The first-order chi connectivity index (χ1) is 38.1. The van der Waals surface area contributed by atoms with Gasteiger partial charge in [-0.05, 0) is 186 Å². The molecule has 6 aliphatic heterocycles. The van der Waals surface area contributed by atoms with E-state index in [9.17, 15) is 4.79 Å². The van der Waals surface area contributed by atoms with Crippen molar-refractivity contribution in [3.8, 4) is 0 Å². The summed E-state index contributed by atoms with van der Waals surface area (Å²) in [5.74, 6) is 10.3. The van der Waals surface area contributed by atoms with Gasteiger partial charge in [-0.3, -0.25) is 9.69 Å². The molecule has 0 unspecified atom stereocenters. The third kappa shape index (κ3) is 30.9. The van der Waals surface area contributed by atoms with Gasteiger partial charge in [0.15, 0.2) is 0 Å². The Balaban J connectivity index is 0.000000232. The van der Waals surface area contributed by atoms with Crippen molar-refractivity contribution in [3.05, 3.63) is 29.8 Å². The van der Waals surface area contributed by atoms with Crippen molar-refractivity contribution in [1.29, 1.82) is 0 Å².